The zero-order chi connectivity index (χ0) is 10.4. The Labute approximate surface area is 89.1 Å². The lowest BCUT2D eigenvalue weighted by molar-refractivity contribution is 0.127. The third-order valence-corrected chi connectivity index (χ3v) is 3.40. The van der Waals surface area contributed by atoms with Gasteiger partial charge in [-0.05, 0) is 65.2 Å². The summed E-state index contributed by atoms with van der Waals surface area (Å²) in [5.74, 6) is 0.943. The molecule has 1 aliphatic heterocycles. The summed E-state index contributed by atoms with van der Waals surface area (Å²) >= 11 is 0. The van der Waals surface area contributed by atoms with Crippen LogP contribution < -0.4 is 5.32 Å². The lowest BCUT2D eigenvalue weighted by atomic mass is 9.93. The third kappa shape index (κ3) is 3.97. The maximum absolute atomic E-state index is 3.21. The molecule has 84 valence electrons. The molecule has 0 bridgehead atoms. The molecule has 0 radical (unpaired) electrons. The maximum Gasteiger partial charge on any atom is 0.00694 e. The lowest BCUT2D eigenvalue weighted by Gasteiger charge is -2.36. The summed E-state index contributed by atoms with van der Waals surface area (Å²) in [6.45, 7) is 8.55. The zero-order valence-corrected chi connectivity index (χ0v) is 10.1. The van der Waals surface area contributed by atoms with E-state index in [1.54, 1.807) is 0 Å². The number of rotatable bonds is 5. The van der Waals surface area contributed by atoms with Crippen LogP contribution in [0.5, 0.6) is 0 Å². The molecule has 1 aliphatic rings. The van der Waals surface area contributed by atoms with Crippen molar-refractivity contribution >= 4 is 0 Å². The van der Waals surface area contributed by atoms with Crippen LogP contribution in [0.4, 0.5) is 0 Å². The standard InChI is InChI=1S/C12H26N2/c1-11-6-9-14(12(2)10-11)8-5-4-7-13-3/h11-13H,4-10H2,1-3H3. The van der Waals surface area contributed by atoms with Crippen LogP contribution in [0.2, 0.25) is 0 Å². The average molecular weight is 198 g/mol. The van der Waals surface area contributed by atoms with Crippen molar-refractivity contribution in [2.45, 2.75) is 45.6 Å². The van der Waals surface area contributed by atoms with Gasteiger partial charge in [0.2, 0.25) is 0 Å². The summed E-state index contributed by atoms with van der Waals surface area (Å²) in [6.07, 6.45) is 5.46. The Balaban J connectivity index is 2.11. The van der Waals surface area contributed by atoms with E-state index < -0.39 is 0 Å². The van der Waals surface area contributed by atoms with E-state index in [-0.39, 0.29) is 0 Å². The second kappa shape index (κ2) is 6.41. The van der Waals surface area contributed by atoms with Gasteiger partial charge in [0, 0.05) is 6.04 Å². The molecule has 14 heavy (non-hydrogen) atoms. The van der Waals surface area contributed by atoms with Crippen molar-refractivity contribution in [1.29, 1.82) is 0 Å². The molecule has 0 aliphatic carbocycles. The number of likely N-dealkylation sites (tertiary alicyclic amines) is 1. The van der Waals surface area contributed by atoms with Gasteiger partial charge in [-0.25, -0.2) is 0 Å². The van der Waals surface area contributed by atoms with Crippen LogP contribution in [0.1, 0.15) is 39.5 Å². The molecular formula is C12H26N2. The van der Waals surface area contributed by atoms with Gasteiger partial charge in [-0.3, -0.25) is 0 Å². The topological polar surface area (TPSA) is 15.3 Å². The monoisotopic (exact) mass is 198 g/mol. The molecule has 0 aromatic rings. The predicted octanol–water partition coefficient (Wildman–Crippen LogP) is 2.11. The molecule has 1 N–H and O–H groups in total. The number of nitrogens with zero attached hydrogens (tertiary/aromatic N) is 1. The van der Waals surface area contributed by atoms with Crippen LogP contribution in [0.3, 0.4) is 0 Å². The molecule has 2 heteroatoms. The molecule has 0 aromatic carbocycles. The van der Waals surface area contributed by atoms with Gasteiger partial charge in [0.1, 0.15) is 0 Å². The number of unbranched alkanes of at least 4 members (excludes halogenated alkanes) is 1. The van der Waals surface area contributed by atoms with Gasteiger partial charge in [0.15, 0.2) is 0 Å². The van der Waals surface area contributed by atoms with Crippen molar-refractivity contribution in [2.24, 2.45) is 5.92 Å². The first kappa shape index (κ1) is 12.0. The highest BCUT2D eigenvalue weighted by Gasteiger charge is 2.21. The smallest absolute Gasteiger partial charge is 0.00694 e. The van der Waals surface area contributed by atoms with E-state index >= 15 is 0 Å². The maximum atomic E-state index is 3.21. The molecule has 1 saturated heterocycles. The van der Waals surface area contributed by atoms with E-state index in [0.29, 0.717) is 0 Å². The van der Waals surface area contributed by atoms with Crippen LogP contribution in [-0.2, 0) is 0 Å². The largest absolute Gasteiger partial charge is 0.320 e. The Hall–Kier alpha value is -0.0800. The van der Waals surface area contributed by atoms with E-state index in [1.165, 1.54) is 45.3 Å². The second-order valence-corrected chi connectivity index (χ2v) is 4.83. The highest BCUT2D eigenvalue weighted by atomic mass is 15.2. The Kier molecular flexibility index (Phi) is 5.49. The number of hydrogen-bond donors (Lipinski definition) is 1. The highest BCUT2D eigenvalue weighted by Crippen LogP contribution is 2.22. The van der Waals surface area contributed by atoms with Crippen molar-refractivity contribution < 1.29 is 0 Å². The van der Waals surface area contributed by atoms with Gasteiger partial charge in [0.05, 0.1) is 0 Å². The summed E-state index contributed by atoms with van der Waals surface area (Å²) in [5.41, 5.74) is 0. The van der Waals surface area contributed by atoms with E-state index in [4.69, 9.17) is 0 Å². The first-order valence-electron chi connectivity index (χ1n) is 6.12. The molecule has 1 heterocycles. The minimum absolute atomic E-state index is 0.813. The molecule has 1 rings (SSSR count). The molecule has 0 saturated carbocycles. The van der Waals surface area contributed by atoms with Crippen LogP contribution >= 0.6 is 0 Å². The van der Waals surface area contributed by atoms with Gasteiger partial charge >= 0.3 is 0 Å². The third-order valence-electron chi connectivity index (χ3n) is 3.40. The van der Waals surface area contributed by atoms with Gasteiger partial charge in [-0.2, -0.15) is 0 Å². The fraction of sp³-hybridized carbons (Fsp3) is 1.00. The fourth-order valence-electron chi connectivity index (χ4n) is 2.40. The summed E-state index contributed by atoms with van der Waals surface area (Å²) in [7, 11) is 2.03. The molecular weight excluding hydrogens is 172 g/mol. The van der Waals surface area contributed by atoms with E-state index in [0.717, 1.165) is 12.0 Å². The number of piperidine rings is 1. The Morgan fingerprint density at radius 2 is 2.07 bits per heavy atom. The Morgan fingerprint density at radius 1 is 1.29 bits per heavy atom. The summed E-state index contributed by atoms with van der Waals surface area (Å²) in [6, 6.07) is 0.813. The predicted molar refractivity (Wildman–Crippen MR) is 62.6 cm³/mol. The summed E-state index contributed by atoms with van der Waals surface area (Å²) in [4.78, 5) is 2.66. The molecule has 0 aromatic heterocycles. The second-order valence-electron chi connectivity index (χ2n) is 4.83. The minimum atomic E-state index is 0.813. The molecule has 0 amide bonds. The SMILES string of the molecule is CNCCCCN1CCC(C)CC1C. The quantitative estimate of drug-likeness (QED) is 0.681. The first-order valence-corrected chi connectivity index (χ1v) is 6.12. The normalized spacial score (nSPS) is 29.4. The lowest BCUT2D eigenvalue weighted by Crippen LogP contribution is -2.40. The average Bonchev–Trinajstić information content (AvgIpc) is 2.15. The van der Waals surface area contributed by atoms with Crippen LogP contribution in [0.25, 0.3) is 0 Å². The first-order chi connectivity index (χ1) is 6.74. The van der Waals surface area contributed by atoms with Crippen molar-refractivity contribution in [1.82, 2.24) is 10.2 Å². The molecule has 0 spiro atoms. The highest BCUT2D eigenvalue weighted by molar-refractivity contribution is 4.76. The van der Waals surface area contributed by atoms with Crippen molar-refractivity contribution in [3.8, 4) is 0 Å². The molecule has 1 fully saturated rings. The van der Waals surface area contributed by atoms with E-state index in [2.05, 4.69) is 24.1 Å². The Bertz CT molecular complexity index is 147. The van der Waals surface area contributed by atoms with Gasteiger partial charge < -0.3 is 10.2 Å². The van der Waals surface area contributed by atoms with Crippen LogP contribution in [0, 0.1) is 5.92 Å². The van der Waals surface area contributed by atoms with Gasteiger partial charge in [-0.15, -0.1) is 0 Å². The minimum Gasteiger partial charge on any atom is -0.320 e. The summed E-state index contributed by atoms with van der Waals surface area (Å²) < 4.78 is 0. The fourth-order valence-corrected chi connectivity index (χ4v) is 2.40. The van der Waals surface area contributed by atoms with Crippen molar-refractivity contribution in [3.63, 3.8) is 0 Å². The van der Waals surface area contributed by atoms with Gasteiger partial charge in [0.25, 0.3) is 0 Å². The van der Waals surface area contributed by atoms with Crippen LogP contribution in [0.15, 0.2) is 0 Å². The van der Waals surface area contributed by atoms with Crippen molar-refractivity contribution in [3.05, 3.63) is 0 Å². The molecule has 2 unspecified atom stereocenters. The van der Waals surface area contributed by atoms with Crippen LogP contribution in [-0.4, -0.2) is 37.6 Å². The van der Waals surface area contributed by atoms with E-state index in [9.17, 15) is 0 Å². The number of nitrogens with one attached hydrogen (secondary N) is 1. The molecule has 2 atom stereocenters. The van der Waals surface area contributed by atoms with Gasteiger partial charge in [-0.1, -0.05) is 6.92 Å². The Morgan fingerprint density at radius 3 is 2.71 bits per heavy atom. The zero-order valence-electron chi connectivity index (χ0n) is 10.1. The van der Waals surface area contributed by atoms with Crippen molar-refractivity contribution in [2.75, 3.05) is 26.7 Å². The number of hydrogen-bond acceptors (Lipinski definition) is 2. The van der Waals surface area contributed by atoms with E-state index in [1.807, 2.05) is 7.05 Å². The molecule has 2 nitrogen and oxygen atoms in total. The summed E-state index contributed by atoms with van der Waals surface area (Å²) in [5, 5.41) is 3.21.